The summed E-state index contributed by atoms with van der Waals surface area (Å²) in [6.45, 7) is 0. The molecule has 0 amide bonds. The number of carbonyl (C=O) groups excluding carboxylic acids is 1. The molecule has 1 aliphatic rings. The topological polar surface area (TPSA) is 69.2 Å². The predicted octanol–water partition coefficient (Wildman–Crippen LogP) is 0.510. The molecule has 6 heteroatoms. The summed E-state index contributed by atoms with van der Waals surface area (Å²) in [4.78, 5) is 19.4. The van der Waals surface area contributed by atoms with Crippen molar-refractivity contribution in [2.75, 3.05) is 14.2 Å². The highest BCUT2D eigenvalue weighted by atomic mass is 16.7. The number of benzene rings is 1. The van der Waals surface area contributed by atoms with E-state index in [9.17, 15) is 4.79 Å². The predicted molar refractivity (Wildman–Crippen MR) is 60.2 cm³/mol. The third kappa shape index (κ3) is 2.21. The molecule has 0 radical (unpaired) electrons. The minimum Gasteiger partial charge on any atom is -0.493 e. The van der Waals surface area contributed by atoms with Gasteiger partial charge in [-0.15, -0.1) is 0 Å². The number of amidine groups is 1. The summed E-state index contributed by atoms with van der Waals surface area (Å²) in [7, 11) is 3.12. The van der Waals surface area contributed by atoms with Gasteiger partial charge in [-0.25, -0.2) is 15.3 Å². The third-order valence-corrected chi connectivity index (χ3v) is 2.31. The number of carbonyl (C=O) groups is 1. The fourth-order valence-electron chi connectivity index (χ4n) is 1.47. The summed E-state index contributed by atoms with van der Waals surface area (Å²) in [5.41, 5.74) is 3.34. The zero-order valence-corrected chi connectivity index (χ0v) is 9.47. The first-order chi connectivity index (χ1) is 8.28. The zero-order valence-electron chi connectivity index (χ0n) is 9.47. The van der Waals surface area contributed by atoms with Crippen molar-refractivity contribution in [3.63, 3.8) is 0 Å². The van der Waals surface area contributed by atoms with Crippen LogP contribution < -0.4 is 15.0 Å². The van der Waals surface area contributed by atoms with Crippen LogP contribution in [-0.4, -0.2) is 32.6 Å². The molecule has 1 atom stereocenters. The molecule has 1 aliphatic heterocycles. The SMILES string of the molecule is COc1ccc(C2=NC(C=O)ON2)cc1OC. The molecule has 0 saturated heterocycles. The maximum absolute atomic E-state index is 10.5. The van der Waals surface area contributed by atoms with E-state index in [1.54, 1.807) is 32.4 Å². The Hall–Kier alpha value is -2.08. The zero-order chi connectivity index (χ0) is 12.3. The fourth-order valence-corrected chi connectivity index (χ4v) is 1.47. The molecule has 1 aromatic rings. The first-order valence-electron chi connectivity index (χ1n) is 4.95. The smallest absolute Gasteiger partial charge is 0.232 e. The quantitative estimate of drug-likeness (QED) is 0.771. The summed E-state index contributed by atoms with van der Waals surface area (Å²) in [5.74, 6) is 1.70. The van der Waals surface area contributed by atoms with Crippen LogP contribution in [0.1, 0.15) is 5.56 Å². The normalized spacial score (nSPS) is 18.2. The van der Waals surface area contributed by atoms with E-state index >= 15 is 0 Å². The number of aliphatic imine (C=N–C) groups is 1. The van der Waals surface area contributed by atoms with Crippen LogP contribution in [-0.2, 0) is 9.63 Å². The number of hydrogen-bond acceptors (Lipinski definition) is 6. The van der Waals surface area contributed by atoms with Crippen LogP contribution in [0.25, 0.3) is 0 Å². The minimum absolute atomic E-state index is 0.489. The molecule has 1 aromatic carbocycles. The van der Waals surface area contributed by atoms with Crippen molar-refractivity contribution in [2.45, 2.75) is 6.23 Å². The molecular formula is C11H12N2O4. The molecule has 90 valence electrons. The second-order valence-electron chi connectivity index (χ2n) is 3.29. The molecule has 0 bridgehead atoms. The van der Waals surface area contributed by atoms with Gasteiger partial charge in [-0.1, -0.05) is 0 Å². The van der Waals surface area contributed by atoms with E-state index in [1.807, 2.05) is 0 Å². The van der Waals surface area contributed by atoms with Crippen molar-refractivity contribution in [1.82, 2.24) is 5.48 Å². The maximum Gasteiger partial charge on any atom is 0.232 e. The number of nitrogens with zero attached hydrogens (tertiary/aromatic N) is 1. The van der Waals surface area contributed by atoms with E-state index in [4.69, 9.17) is 14.3 Å². The lowest BCUT2D eigenvalue weighted by atomic mass is 10.2. The van der Waals surface area contributed by atoms with Crippen molar-refractivity contribution >= 4 is 12.1 Å². The lowest BCUT2D eigenvalue weighted by Crippen LogP contribution is -2.19. The Balaban J connectivity index is 2.31. The van der Waals surface area contributed by atoms with Gasteiger partial charge in [-0.05, 0) is 18.2 Å². The minimum atomic E-state index is -0.793. The van der Waals surface area contributed by atoms with Gasteiger partial charge < -0.3 is 9.47 Å². The average Bonchev–Trinajstić information content (AvgIpc) is 2.86. The molecule has 17 heavy (non-hydrogen) atoms. The second-order valence-corrected chi connectivity index (χ2v) is 3.29. The first-order valence-corrected chi connectivity index (χ1v) is 4.95. The van der Waals surface area contributed by atoms with Gasteiger partial charge in [0.05, 0.1) is 14.2 Å². The molecule has 0 fully saturated rings. The van der Waals surface area contributed by atoms with Gasteiger partial charge in [0.1, 0.15) is 0 Å². The Morgan fingerprint density at radius 2 is 2.12 bits per heavy atom. The van der Waals surface area contributed by atoms with E-state index in [1.165, 1.54) is 0 Å². The van der Waals surface area contributed by atoms with E-state index in [-0.39, 0.29) is 0 Å². The number of nitrogens with one attached hydrogen (secondary N) is 1. The lowest BCUT2D eigenvalue weighted by Gasteiger charge is -2.09. The van der Waals surface area contributed by atoms with Crippen molar-refractivity contribution < 1.29 is 19.1 Å². The van der Waals surface area contributed by atoms with Gasteiger partial charge in [0, 0.05) is 5.56 Å². The van der Waals surface area contributed by atoms with Crippen LogP contribution in [0.4, 0.5) is 0 Å². The van der Waals surface area contributed by atoms with Crippen molar-refractivity contribution in [2.24, 2.45) is 4.99 Å². The Morgan fingerprint density at radius 3 is 2.71 bits per heavy atom. The van der Waals surface area contributed by atoms with Gasteiger partial charge in [0.15, 0.2) is 23.6 Å². The van der Waals surface area contributed by atoms with Crippen molar-refractivity contribution in [1.29, 1.82) is 0 Å². The van der Waals surface area contributed by atoms with Gasteiger partial charge in [-0.3, -0.25) is 4.79 Å². The Morgan fingerprint density at radius 1 is 1.35 bits per heavy atom. The number of aldehydes is 1. The van der Waals surface area contributed by atoms with E-state index < -0.39 is 6.23 Å². The summed E-state index contributed by atoms with van der Waals surface area (Å²) in [6, 6.07) is 5.30. The molecule has 0 aliphatic carbocycles. The third-order valence-electron chi connectivity index (χ3n) is 2.31. The van der Waals surface area contributed by atoms with E-state index in [0.717, 1.165) is 5.56 Å². The molecule has 0 saturated carbocycles. The molecule has 0 spiro atoms. The van der Waals surface area contributed by atoms with Crippen LogP contribution in [0.3, 0.4) is 0 Å². The first kappa shape index (κ1) is 11.4. The largest absolute Gasteiger partial charge is 0.493 e. The summed E-state index contributed by atoms with van der Waals surface area (Å²) in [5, 5.41) is 0. The Kier molecular flexibility index (Phi) is 3.24. The van der Waals surface area contributed by atoms with Crippen LogP contribution in [0.15, 0.2) is 23.2 Å². The molecule has 2 rings (SSSR count). The van der Waals surface area contributed by atoms with Crippen LogP contribution >= 0.6 is 0 Å². The average molecular weight is 236 g/mol. The Labute approximate surface area is 98.2 Å². The number of hydroxylamine groups is 1. The summed E-state index contributed by atoms with van der Waals surface area (Å²) in [6.07, 6.45) is -0.182. The maximum atomic E-state index is 10.5. The second kappa shape index (κ2) is 4.84. The summed E-state index contributed by atoms with van der Waals surface area (Å²) < 4.78 is 10.3. The molecule has 6 nitrogen and oxygen atoms in total. The van der Waals surface area contributed by atoms with E-state index in [0.29, 0.717) is 23.6 Å². The van der Waals surface area contributed by atoms with Gasteiger partial charge in [0.2, 0.25) is 6.23 Å². The lowest BCUT2D eigenvalue weighted by molar-refractivity contribution is -0.118. The number of rotatable bonds is 4. The molecule has 0 aromatic heterocycles. The van der Waals surface area contributed by atoms with Crippen LogP contribution in [0.2, 0.25) is 0 Å². The van der Waals surface area contributed by atoms with Gasteiger partial charge >= 0.3 is 0 Å². The standard InChI is InChI=1S/C11H12N2O4/c1-15-8-4-3-7(5-9(8)16-2)11-12-10(6-14)17-13-11/h3-6,10H,1-2H3,(H,12,13). The fraction of sp³-hybridized carbons (Fsp3) is 0.273. The highest BCUT2D eigenvalue weighted by Gasteiger charge is 2.19. The monoisotopic (exact) mass is 236 g/mol. The van der Waals surface area contributed by atoms with Gasteiger partial charge in [-0.2, -0.15) is 0 Å². The number of ether oxygens (including phenoxy) is 2. The molecule has 1 N–H and O–H groups in total. The molecule has 1 unspecified atom stereocenters. The molecule has 1 heterocycles. The number of hydrogen-bond donors (Lipinski definition) is 1. The van der Waals surface area contributed by atoms with E-state index in [2.05, 4.69) is 10.5 Å². The van der Waals surface area contributed by atoms with Crippen LogP contribution in [0, 0.1) is 0 Å². The molecular weight excluding hydrogens is 224 g/mol. The van der Waals surface area contributed by atoms with Crippen molar-refractivity contribution in [3.05, 3.63) is 23.8 Å². The van der Waals surface area contributed by atoms with Crippen molar-refractivity contribution in [3.8, 4) is 11.5 Å². The number of methoxy groups -OCH3 is 2. The Bertz CT molecular complexity index is 459. The highest BCUT2D eigenvalue weighted by molar-refractivity contribution is 6.00. The van der Waals surface area contributed by atoms with Gasteiger partial charge in [0.25, 0.3) is 0 Å². The summed E-state index contributed by atoms with van der Waals surface area (Å²) >= 11 is 0. The van der Waals surface area contributed by atoms with Crippen LogP contribution in [0.5, 0.6) is 11.5 Å². The highest BCUT2D eigenvalue weighted by Crippen LogP contribution is 2.28.